The van der Waals surface area contributed by atoms with Crippen LogP contribution in [0, 0.1) is 6.92 Å². The molecule has 3 aromatic carbocycles. The number of thioether (sulfide) groups is 2. The Morgan fingerprint density at radius 3 is 2.38 bits per heavy atom. The molecule has 4 aromatic rings. The van der Waals surface area contributed by atoms with Crippen molar-refractivity contribution in [2.24, 2.45) is 0 Å². The van der Waals surface area contributed by atoms with Crippen molar-refractivity contribution in [1.82, 2.24) is 10.2 Å². The molecule has 1 aliphatic rings. The summed E-state index contributed by atoms with van der Waals surface area (Å²) < 4.78 is 6.29. The SMILES string of the molecule is Cc1cccc(-c2nnc(-c3ccc(C(=O)Nc4cccc(C5SCCS5)c4)cc3)o2)c1. The molecule has 0 saturated carbocycles. The average molecular weight is 460 g/mol. The maximum atomic E-state index is 12.7. The Bertz CT molecular complexity index is 1250. The Hall–Kier alpha value is -3.03. The molecule has 5 rings (SSSR count). The molecule has 32 heavy (non-hydrogen) atoms. The van der Waals surface area contributed by atoms with Gasteiger partial charge in [0, 0.05) is 33.9 Å². The molecule has 0 spiro atoms. The zero-order valence-electron chi connectivity index (χ0n) is 17.4. The van der Waals surface area contributed by atoms with E-state index in [9.17, 15) is 4.79 Å². The number of carbonyl (C=O) groups excluding carboxylic acids is 1. The van der Waals surface area contributed by atoms with Crippen molar-refractivity contribution in [3.8, 4) is 22.9 Å². The lowest BCUT2D eigenvalue weighted by Crippen LogP contribution is -2.11. The van der Waals surface area contributed by atoms with E-state index in [4.69, 9.17) is 4.42 Å². The number of nitrogens with zero attached hydrogens (tertiary/aromatic N) is 2. The van der Waals surface area contributed by atoms with Crippen molar-refractivity contribution in [2.75, 3.05) is 16.8 Å². The minimum atomic E-state index is -0.147. The fourth-order valence-corrected chi connectivity index (χ4v) is 6.35. The van der Waals surface area contributed by atoms with Gasteiger partial charge in [0.1, 0.15) is 0 Å². The summed E-state index contributed by atoms with van der Waals surface area (Å²) in [6.45, 7) is 2.02. The third kappa shape index (κ3) is 4.59. The summed E-state index contributed by atoms with van der Waals surface area (Å²) in [4.78, 5) is 12.7. The van der Waals surface area contributed by atoms with E-state index in [1.165, 1.54) is 17.1 Å². The summed E-state index contributed by atoms with van der Waals surface area (Å²) >= 11 is 3.90. The first-order valence-electron chi connectivity index (χ1n) is 10.3. The number of benzene rings is 3. The van der Waals surface area contributed by atoms with Crippen LogP contribution in [0.2, 0.25) is 0 Å². The molecule has 0 bridgehead atoms. The van der Waals surface area contributed by atoms with Crippen LogP contribution < -0.4 is 5.32 Å². The molecule has 1 aliphatic heterocycles. The van der Waals surface area contributed by atoms with Crippen LogP contribution in [0.5, 0.6) is 0 Å². The summed E-state index contributed by atoms with van der Waals surface area (Å²) in [5.41, 5.74) is 5.41. The second-order valence-electron chi connectivity index (χ2n) is 7.51. The smallest absolute Gasteiger partial charge is 0.255 e. The molecule has 0 unspecified atom stereocenters. The molecule has 1 saturated heterocycles. The maximum Gasteiger partial charge on any atom is 0.255 e. The minimum absolute atomic E-state index is 0.147. The summed E-state index contributed by atoms with van der Waals surface area (Å²) in [6, 6.07) is 23.2. The van der Waals surface area contributed by atoms with Gasteiger partial charge in [0.15, 0.2) is 0 Å². The first-order chi connectivity index (χ1) is 15.7. The second-order valence-corrected chi connectivity index (χ2v) is 10.2. The van der Waals surface area contributed by atoms with Crippen molar-refractivity contribution >= 4 is 35.1 Å². The van der Waals surface area contributed by atoms with Crippen LogP contribution >= 0.6 is 23.5 Å². The van der Waals surface area contributed by atoms with Gasteiger partial charge in [0.2, 0.25) is 11.8 Å². The summed E-state index contributed by atoms with van der Waals surface area (Å²) in [5, 5.41) is 11.3. The maximum absolute atomic E-state index is 12.7. The third-order valence-corrected chi connectivity index (χ3v) is 8.23. The molecule has 160 valence electrons. The van der Waals surface area contributed by atoms with E-state index in [-0.39, 0.29) is 5.91 Å². The van der Waals surface area contributed by atoms with Gasteiger partial charge in [-0.25, -0.2) is 0 Å². The van der Waals surface area contributed by atoms with Gasteiger partial charge in [-0.2, -0.15) is 0 Å². The molecule has 7 heteroatoms. The Kier molecular flexibility index (Phi) is 6.01. The predicted molar refractivity (Wildman–Crippen MR) is 132 cm³/mol. The van der Waals surface area contributed by atoms with Crippen LogP contribution in [0.1, 0.15) is 26.1 Å². The monoisotopic (exact) mass is 459 g/mol. The van der Waals surface area contributed by atoms with E-state index in [2.05, 4.69) is 27.6 Å². The van der Waals surface area contributed by atoms with Gasteiger partial charge < -0.3 is 9.73 Å². The standard InChI is InChI=1S/C25H21N3O2S2/c1-16-4-2-5-19(14-16)24-28-27-23(30-24)18-10-8-17(9-11-18)22(29)26-21-7-3-6-20(15-21)25-31-12-13-32-25/h2-11,14-15,25H,12-13H2,1H3,(H,26,29). The van der Waals surface area contributed by atoms with E-state index in [1.807, 2.05) is 79.0 Å². The highest BCUT2D eigenvalue weighted by Gasteiger charge is 2.19. The van der Waals surface area contributed by atoms with Crippen LogP contribution in [0.25, 0.3) is 22.9 Å². The Labute approximate surface area is 195 Å². The van der Waals surface area contributed by atoms with Crippen LogP contribution in [0.3, 0.4) is 0 Å². The highest BCUT2D eigenvalue weighted by atomic mass is 32.2. The molecule has 5 nitrogen and oxygen atoms in total. The number of rotatable bonds is 5. The molecule has 0 atom stereocenters. The van der Waals surface area contributed by atoms with E-state index in [1.54, 1.807) is 12.1 Å². The van der Waals surface area contributed by atoms with Gasteiger partial charge in [0.25, 0.3) is 5.91 Å². The topological polar surface area (TPSA) is 68.0 Å². The number of hydrogen-bond donors (Lipinski definition) is 1. The summed E-state index contributed by atoms with van der Waals surface area (Å²) in [5.74, 6) is 3.10. The second kappa shape index (κ2) is 9.22. The number of anilines is 1. The Morgan fingerprint density at radius 1 is 0.906 bits per heavy atom. The third-order valence-electron chi connectivity index (χ3n) is 5.12. The number of aromatic nitrogens is 2. The first kappa shape index (κ1) is 20.8. The fourth-order valence-electron chi connectivity index (χ4n) is 3.52. The van der Waals surface area contributed by atoms with Gasteiger partial charge >= 0.3 is 0 Å². The summed E-state index contributed by atoms with van der Waals surface area (Å²) in [7, 11) is 0. The van der Waals surface area contributed by atoms with Crippen LogP contribution in [-0.2, 0) is 0 Å². The van der Waals surface area contributed by atoms with Crippen LogP contribution in [-0.4, -0.2) is 27.6 Å². The fraction of sp³-hybridized carbons (Fsp3) is 0.160. The number of amides is 1. The predicted octanol–water partition coefficient (Wildman–Crippen LogP) is 6.44. The first-order valence-corrected chi connectivity index (χ1v) is 12.4. The zero-order chi connectivity index (χ0) is 21.9. The summed E-state index contributed by atoms with van der Waals surface area (Å²) in [6.07, 6.45) is 0. The molecule has 0 aliphatic carbocycles. The van der Waals surface area contributed by atoms with Crippen molar-refractivity contribution in [3.05, 3.63) is 89.5 Å². The molecular formula is C25H21N3O2S2. The van der Waals surface area contributed by atoms with Gasteiger partial charge in [0.05, 0.1) is 4.58 Å². The van der Waals surface area contributed by atoms with Gasteiger partial charge in [-0.05, 0) is 61.0 Å². The van der Waals surface area contributed by atoms with Crippen molar-refractivity contribution in [2.45, 2.75) is 11.5 Å². The van der Waals surface area contributed by atoms with E-state index in [0.717, 1.165) is 22.4 Å². The van der Waals surface area contributed by atoms with Crippen LogP contribution in [0.4, 0.5) is 5.69 Å². The van der Waals surface area contributed by atoms with E-state index < -0.39 is 0 Å². The quantitative estimate of drug-likeness (QED) is 0.370. The number of nitrogens with one attached hydrogen (secondary N) is 1. The highest BCUT2D eigenvalue weighted by molar-refractivity contribution is 8.19. The number of hydrogen-bond acceptors (Lipinski definition) is 6. The number of aryl methyl sites for hydroxylation is 1. The van der Waals surface area contributed by atoms with E-state index >= 15 is 0 Å². The largest absolute Gasteiger partial charge is 0.416 e. The highest BCUT2D eigenvalue weighted by Crippen LogP contribution is 2.45. The normalized spacial score (nSPS) is 13.9. The molecule has 0 radical (unpaired) electrons. The van der Waals surface area contributed by atoms with Gasteiger partial charge in [-0.3, -0.25) is 4.79 Å². The lowest BCUT2D eigenvalue weighted by Gasteiger charge is -2.11. The number of carbonyl (C=O) groups is 1. The minimum Gasteiger partial charge on any atom is -0.416 e. The zero-order valence-corrected chi connectivity index (χ0v) is 19.1. The molecule has 1 amide bonds. The molecule has 1 N–H and O–H groups in total. The molecular weight excluding hydrogens is 438 g/mol. The Balaban J connectivity index is 1.29. The molecule has 2 heterocycles. The average Bonchev–Trinajstić information content (AvgIpc) is 3.52. The van der Waals surface area contributed by atoms with Crippen molar-refractivity contribution in [3.63, 3.8) is 0 Å². The van der Waals surface area contributed by atoms with Gasteiger partial charge in [-0.15, -0.1) is 33.7 Å². The lowest BCUT2D eigenvalue weighted by molar-refractivity contribution is 0.102. The van der Waals surface area contributed by atoms with Gasteiger partial charge in [-0.1, -0.05) is 29.8 Å². The van der Waals surface area contributed by atoms with Crippen molar-refractivity contribution in [1.29, 1.82) is 0 Å². The van der Waals surface area contributed by atoms with Crippen LogP contribution in [0.15, 0.2) is 77.2 Å². The lowest BCUT2D eigenvalue weighted by atomic mass is 10.1. The molecule has 1 aromatic heterocycles. The van der Waals surface area contributed by atoms with E-state index in [0.29, 0.717) is 21.9 Å². The van der Waals surface area contributed by atoms with Crippen molar-refractivity contribution < 1.29 is 9.21 Å². The molecule has 1 fully saturated rings. The Morgan fingerprint density at radius 2 is 1.62 bits per heavy atom.